The standard InChI is InChI=1S/C19H19IN4O/c1-2-24-13-14(17-5-3-4-6-18(17)24)11-22-23-19(25)12-21-16-9-7-15(20)8-10-16/h3-11,13,21H,2,12H2,1H3,(H,23,25)/b22-11-. The molecule has 1 amide bonds. The van der Waals surface area contributed by atoms with Gasteiger partial charge in [0.2, 0.25) is 0 Å². The third kappa shape index (κ3) is 4.39. The van der Waals surface area contributed by atoms with E-state index < -0.39 is 0 Å². The molecule has 2 N–H and O–H groups in total. The maximum atomic E-state index is 11.9. The Labute approximate surface area is 160 Å². The highest BCUT2D eigenvalue weighted by atomic mass is 127. The lowest BCUT2D eigenvalue weighted by Gasteiger charge is -2.04. The van der Waals surface area contributed by atoms with Crippen molar-refractivity contribution >= 4 is 51.3 Å². The van der Waals surface area contributed by atoms with Gasteiger partial charge in [0.05, 0.1) is 12.8 Å². The van der Waals surface area contributed by atoms with Crippen LogP contribution in [0.15, 0.2) is 59.8 Å². The molecule has 5 nitrogen and oxygen atoms in total. The van der Waals surface area contributed by atoms with Gasteiger partial charge in [0.15, 0.2) is 0 Å². The van der Waals surface area contributed by atoms with Crippen molar-refractivity contribution < 1.29 is 4.79 Å². The van der Waals surface area contributed by atoms with Crippen LogP contribution in [0.25, 0.3) is 10.9 Å². The first kappa shape index (κ1) is 17.5. The van der Waals surface area contributed by atoms with Crippen molar-refractivity contribution in [2.45, 2.75) is 13.5 Å². The van der Waals surface area contributed by atoms with Gasteiger partial charge in [0.25, 0.3) is 5.91 Å². The average molecular weight is 446 g/mol. The fourth-order valence-corrected chi connectivity index (χ4v) is 2.96. The monoisotopic (exact) mass is 446 g/mol. The SMILES string of the molecule is CCn1cc(/C=N\NC(=O)CNc2ccc(I)cc2)c2ccccc21. The number of hydrogen-bond donors (Lipinski definition) is 2. The minimum Gasteiger partial charge on any atom is -0.376 e. The molecule has 0 fully saturated rings. The summed E-state index contributed by atoms with van der Waals surface area (Å²) in [7, 11) is 0. The number of halogens is 1. The molecule has 0 bridgehead atoms. The number of para-hydroxylation sites is 1. The van der Waals surface area contributed by atoms with E-state index in [-0.39, 0.29) is 12.5 Å². The number of aryl methyl sites for hydroxylation is 1. The van der Waals surface area contributed by atoms with Gasteiger partial charge in [-0.3, -0.25) is 4.79 Å². The molecular weight excluding hydrogens is 427 g/mol. The van der Waals surface area contributed by atoms with Crippen LogP contribution < -0.4 is 10.7 Å². The second kappa shape index (κ2) is 8.15. The van der Waals surface area contributed by atoms with Gasteiger partial charge < -0.3 is 9.88 Å². The van der Waals surface area contributed by atoms with Crippen LogP contribution in [0.2, 0.25) is 0 Å². The van der Waals surface area contributed by atoms with Crippen molar-refractivity contribution in [3.05, 3.63) is 63.9 Å². The Morgan fingerprint density at radius 3 is 2.72 bits per heavy atom. The van der Waals surface area contributed by atoms with Gasteiger partial charge in [-0.05, 0) is 59.8 Å². The van der Waals surface area contributed by atoms with Crippen molar-refractivity contribution in [3.8, 4) is 0 Å². The maximum Gasteiger partial charge on any atom is 0.259 e. The molecule has 0 saturated carbocycles. The molecule has 128 valence electrons. The fourth-order valence-electron chi connectivity index (χ4n) is 2.60. The van der Waals surface area contributed by atoms with Crippen molar-refractivity contribution in [2.24, 2.45) is 5.10 Å². The number of carbonyl (C=O) groups excluding carboxylic acids is 1. The Hall–Kier alpha value is -2.35. The Morgan fingerprint density at radius 1 is 1.20 bits per heavy atom. The highest BCUT2D eigenvalue weighted by molar-refractivity contribution is 14.1. The molecule has 1 heterocycles. The number of carbonyl (C=O) groups is 1. The molecule has 1 aromatic heterocycles. The van der Waals surface area contributed by atoms with Crippen LogP contribution in [0.1, 0.15) is 12.5 Å². The van der Waals surface area contributed by atoms with E-state index >= 15 is 0 Å². The van der Waals surface area contributed by atoms with Crippen molar-refractivity contribution in [3.63, 3.8) is 0 Å². The number of anilines is 1. The summed E-state index contributed by atoms with van der Waals surface area (Å²) < 4.78 is 3.32. The third-order valence-electron chi connectivity index (χ3n) is 3.85. The van der Waals surface area contributed by atoms with Crippen LogP contribution in [0.5, 0.6) is 0 Å². The number of rotatable bonds is 6. The Bertz CT molecular complexity index is 899. The van der Waals surface area contributed by atoms with Gasteiger partial charge >= 0.3 is 0 Å². The number of nitrogens with zero attached hydrogens (tertiary/aromatic N) is 2. The molecule has 2 aromatic carbocycles. The second-order valence-electron chi connectivity index (χ2n) is 5.54. The van der Waals surface area contributed by atoms with E-state index in [9.17, 15) is 4.79 Å². The first-order valence-electron chi connectivity index (χ1n) is 8.06. The van der Waals surface area contributed by atoms with Crippen LogP contribution in [0, 0.1) is 3.57 Å². The summed E-state index contributed by atoms with van der Waals surface area (Å²) in [6, 6.07) is 16.0. The van der Waals surface area contributed by atoms with E-state index in [0.717, 1.165) is 32.3 Å². The lowest BCUT2D eigenvalue weighted by Crippen LogP contribution is -2.25. The number of fused-ring (bicyclic) bond motifs is 1. The third-order valence-corrected chi connectivity index (χ3v) is 4.57. The molecule has 6 heteroatoms. The van der Waals surface area contributed by atoms with Gasteiger partial charge in [-0.2, -0.15) is 5.10 Å². The number of aromatic nitrogens is 1. The predicted octanol–water partition coefficient (Wildman–Crippen LogP) is 3.83. The summed E-state index contributed by atoms with van der Waals surface area (Å²) in [5.41, 5.74) is 5.62. The summed E-state index contributed by atoms with van der Waals surface area (Å²) in [6.07, 6.45) is 3.74. The van der Waals surface area contributed by atoms with Crippen LogP contribution in [0.4, 0.5) is 5.69 Å². The molecular formula is C19H19IN4O. The largest absolute Gasteiger partial charge is 0.376 e. The van der Waals surface area contributed by atoms with Crippen LogP contribution in [-0.2, 0) is 11.3 Å². The Morgan fingerprint density at radius 2 is 1.96 bits per heavy atom. The van der Waals surface area contributed by atoms with Gasteiger partial charge in [0.1, 0.15) is 0 Å². The molecule has 0 saturated heterocycles. The molecule has 0 atom stereocenters. The minimum atomic E-state index is -0.186. The smallest absolute Gasteiger partial charge is 0.259 e. The zero-order valence-electron chi connectivity index (χ0n) is 13.9. The van der Waals surface area contributed by atoms with Crippen LogP contribution >= 0.6 is 22.6 Å². The first-order chi connectivity index (χ1) is 12.2. The maximum absolute atomic E-state index is 11.9. The molecule has 0 aliphatic carbocycles. The van der Waals surface area contributed by atoms with Crippen LogP contribution in [0.3, 0.4) is 0 Å². The quantitative estimate of drug-likeness (QED) is 0.344. The molecule has 0 unspecified atom stereocenters. The predicted molar refractivity (Wildman–Crippen MR) is 111 cm³/mol. The van der Waals surface area contributed by atoms with Crippen LogP contribution in [-0.4, -0.2) is 23.2 Å². The van der Waals surface area contributed by atoms with Crippen molar-refractivity contribution in [1.29, 1.82) is 0 Å². The van der Waals surface area contributed by atoms with Gasteiger partial charge in [-0.25, -0.2) is 5.43 Å². The van der Waals surface area contributed by atoms with E-state index in [1.54, 1.807) is 6.21 Å². The zero-order chi connectivity index (χ0) is 17.6. The van der Waals surface area contributed by atoms with E-state index in [1.165, 1.54) is 0 Å². The minimum absolute atomic E-state index is 0.175. The molecule has 25 heavy (non-hydrogen) atoms. The molecule has 3 rings (SSSR count). The lowest BCUT2D eigenvalue weighted by molar-refractivity contribution is -0.119. The molecule has 0 spiro atoms. The van der Waals surface area contributed by atoms with Crippen molar-refractivity contribution in [2.75, 3.05) is 11.9 Å². The first-order valence-corrected chi connectivity index (χ1v) is 9.14. The molecule has 0 radical (unpaired) electrons. The van der Waals surface area contributed by atoms with Gasteiger partial charge in [-0.1, -0.05) is 18.2 Å². The summed E-state index contributed by atoms with van der Waals surface area (Å²) in [6.45, 7) is 3.17. The summed E-state index contributed by atoms with van der Waals surface area (Å²) in [5.74, 6) is -0.186. The highest BCUT2D eigenvalue weighted by Gasteiger charge is 2.05. The fraction of sp³-hybridized carbons (Fsp3) is 0.158. The van der Waals surface area contributed by atoms with E-state index in [1.807, 2.05) is 42.6 Å². The summed E-state index contributed by atoms with van der Waals surface area (Å²) in [5, 5.41) is 8.28. The van der Waals surface area contributed by atoms with Gasteiger partial charge in [0, 0.05) is 38.5 Å². The van der Waals surface area contributed by atoms with E-state index in [4.69, 9.17) is 0 Å². The number of nitrogens with one attached hydrogen (secondary N) is 2. The number of hydrogen-bond acceptors (Lipinski definition) is 3. The van der Waals surface area contributed by atoms with Gasteiger partial charge in [-0.15, -0.1) is 0 Å². The average Bonchev–Trinajstić information content (AvgIpc) is 2.99. The van der Waals surface area contributed by atoms with Crippen molar-refractivity contribution in [1.82, 2.24) is 9.99 Å². The number of hydrazone groups is 1. The topological polar surface area (TPSA) is 58.4 Å². The number of amides is 1. The van der Waals surface area contributed by atoms with E-state index in [2.05, 4.69) is 62.1 Å². The zero-order valence-corrected chi connectivity index (χ0v) is 16.0. The van der Waals surface area contributed by atoms with E-state index in [0.29, 0.717) is 0 Å². The normalized spacial score (nSPS) is 11.1. The Kier molecular flexibility index (Phi) is 5.70. The summed E-state index contributed by atoms with van der Waals surface area (Å²) >= 11 is 2.24. The highest BCUT2D eigenvalue weighted by Crippen LogP contribution is 2.19. The number of benzene rings is 2. The lowest BCUT2D eigenvalue weighted by atomic mass is 10.2. The molecule has 0 aliphatic heterocycles. The molecule has 3 aromatic rings. The molecule has 0 aliphatic rings. The Balaban J connectivity index is 1.59. The summed E-state index contributed by atoms with van der Waals surface area (Å²) in [4.78, 5) is 11.9. The second-order valence-corrected chi connectivity index (χ2v) is 6.79.